The molecule has 0 heterocycles. The van der Waals surface area contributed by atoms with Crippen molar-refractivity contribution in [1.29, 1.82) is 0 Å². The minimum Gasteiger partial charge on any atom is -0.491 e. The van der Waals surface area contributed by atoms with Gasteiger partial charge in [0, 0.05) is 6.04 Å². The summed E-state index contributed by atoms with van der Waals surface area (Å²) < 4.78 is 5.70. The lowest BCUT2D eigenvalue weighted by molar-refractivity contribution is 0.242. The Labute approximate surface area is 116 Å². The number of hydrogen-bond donors (Lipinski definition) is 1. The van der Waals surface area contributed by atoms with Gasteiger partial charge >= 0.3 is 0 Å². The largest absolute Gasteiger partial charge is 0.491 e. The van der Waals surface area contributed by atoms with E-state index in [1.54, 1.807) is 0 Å². The third kappa shape index (κ3) is 2.94. The van der Waals surface area contributed by atoms with Crippen LogP contribution >= 0.6 is 0 Å². The monoisotopic (exact) mass is 259 g/mol. The van der Waals surface area contributed by atoms with Crippen LogP contribution in [0.1, 0.15) is 45.6 Å². The Hall–Kier alpha value is -1.02. The Morgan fingerprint density at radius 1 is 1.26 bits per heavy atom. The van der Waals surface area contributed by atoms with Gasteiger partial charge in [0.15, 0.2) is 0 Å². The summed E-state index contributed by atoms with van der Waals surface area (Å²) >= 11 is 0. The van der Waals surface area contributed by atoms with Crippen molar-refractivity contribution >= 4 is 0 Å². The van der Waals surface area contributed by atoms with E-state index in [1.165, 1.54) is 31.4 Å². The van der Waals surface area contributed by atoms with Gasteiger partial charge in [0.05, 0.1) is 6.10 Å². The van der Waals surface area contributed by atoms with E-state index < -0.39 is 0 Å². The zero-order valence-electron chi connectivity index (χ0n) is 12.3. The van der Waals surface area contributed by atoms with Crippen molar-refractivity contribution in [2.45, 2.75) is 57.6 Å². The summed E-state index contributed by atoms with van der Waals surface area (Å²) in [6.45, 7) is 7.71. The second-order valence-corrected chi connectivity index (χ2v) is 6.69. The summed E-state index contributed by atoms with van der Waals surface area (Å²) in [5.41, 5.74) is 1.85. The van der Waals surface area contributed by atoms with Gasteiger partial charge in [0.25, 0.3) is 0 Å². The number of ether oxygens (including phenoxy) is 1. The molecule has 19 heavy (non-hydrogen) atoms. The Morgan fingerprint density at radius 2 is 1.95 bits per heavy atom. The van der Waals surface area contributed by atoms with E-state index in [0.29, 0.717) is 5.41 Å². The maximum Gasteiger partial charge on any atom is 0.119 e. The van der Waals surface area contributed by atoms with Crippen molar-refractivity contribution < 1.29 is 4.74 Å². The first-order valence-corrected chi connectivity index (χ1v) is 7.58. The SMILES string of the molecule is CC(C)Oc1ccc(C2(C)CC2CNC2CC2)cc1. The van der Waals surface area contributed by atoms with Crippen molar-refractivity contribution in [2.75, 3.05) is 6.54 Å². The van der Waals surface area contributed by atoms with E-state index >= 15 is 0 Å². The second kappa shape index (κ2) is 4.82. The van der Waals surface area contributed by atoms with Gasteiger partial charge in [-0.15, -0.1) is 0 Å². The molecule has 0 aromatic heterocycles. The molecule has 2 saturated carbocycles. The Morgan fingerprint density at radius 3 is 2.53 bits per heavy atom. The van der Waals surface area contributed by atoms with Gasteiger partial charge in [-0.25, -0.2) is 0 Å². The fourth-order valence-electron chi connectivity index (χ4n) is 2.89. The minimum absolute atomic E-state index is 0.248. The van der Waals surface area contributed by atoms with E-state index in [-0.39, 0.29) is 6.10 Å². The van der Waals surface area contributed by atoms with Crippen LogP contribution in [0, 0.1) is 5.92 Å². The van der Waals surface area contributed by atoms with E-state index in [2.05, 4.69) is 50.4 Å². The molecule has 2 heteroatoms. The van der Waals surface area contributed by atoms with E-state index in [0.717, 1.165) is 17.7 Å². The van der Waals surface area contributed by atoms with Crippen LogP contribution in [-0.2, 0) is 5.41 Å². The zero-order valence-corrected chi connectivity index (χ0v) is 12.3. The molecular weight excluding hydrogens is 234 g/mol. The molecule has 2 aliphatic carbocycles. The van der Waals surface area contributed by atoms with Gasteiger partial charge in [-0.05, 0) is 68.7 Å². The average Bonchev–Trinajstić information content (AvgIpc) is 3.24. The number of nitrogens with one attached hydrogen (secondary N) is 1. The molecule has 2 nitrogen and oxygen atoms in total. The highest BCUT2D eigenvalue weighted by atomic mass is 16.5. The van der Waals surface area contributed by atoms with Crippen molar-refractivity contribution in [3.63, 3.8) is 0 Å². The van der Waals surface area contributed by atoms with Crippen molar-refractivity contribution in [1.82, 2.24) is 5.32 Å². The third-order valence-electron chi connectivity index (χ3n) is 4.53. The highest BCUT2D eigenvalue weighted by molar-refractivity contribution is 5.37. The molecule has 0 aliphatic heterocycles. The summed E-state index contributed by atoms with van der Waals surface area (Å²) in [4.78, 5) is 0. The van der Waals surface area contributed by atoms with E-state index in [1.807, 2.05) is 0 Å². The van der Waals surface area contributed by atoms with Crippen molar-refractivity contribution in [2.24, 2.45) is 5.92 Å². The summed E-state index contributed by atoms with van der Waals surface area (Å²) in [5.74, 6) is 1.79. The highest BCUT2D eigenvalue weighted by Gasteiger charge is 2.50. The van der Waals surface area contributed by atoms with Crippen LogP contribution in [-0.4, -0.2) is 18.7 Å². The van der Waals surface area contributed by atoms with Crippen LogP contribution in [0.5, 0.6) is 5.75 Å². The fraction of sp³-hybridized carbons (Fsp3) is 0.647. The van der Waals surface area contributed by atoms with Gasteiger partial charge < -0.3 is 10.1 Å². The quantitative estimate of drug-likeness (QED) is 0.844. The summed E-state index contributed by atoms with van der Waals surface area (Å²) in [6.07, 6.45) is 4.32. The van der Waals surface area contributed by atoms with E-state index in [9.17, 15) is 0 Å². The molecular formula is C17H25NO. The van der Waals surface area contributed by atoms with Crippen LogP contribution in [0.4, 0.5) is 0 Å². The molecule has 104 valence electrons. The lowest BCUT2D eigenvalue weighted by Crippen LogP contribution is -2.22. The van der Waals surface area contributed by atoms with Gasteiger partial charge in [-0.3, -0.25) is 0 Å². The Balaban J connectivity index is 1.59. The van der Waals surface area contributed by atoms with Crippen LogP contribution in [0.3, 0.4) is 0 Å². The molecule has 0 saturated heterocycles. The van der Waals surface area contributed by atoms with Crippen LogP contribution < -0.4 is 10.1 Å². The first kappa shape index (κ1) is 13.0. The van der Waals surface area contributed by atoms with Crippen molar-refractivity contribution in [3.8, 4) is 5.75 Å². The maximum atomic E-state index is 5.70. The topological polar surface area (TPSA) is 21.3 Å². The molecule has 0 amide bonds. The summed E-state index contributed by atoms with van der Waals surface area (Å²) in [6, 6.07) is 9.55. The first-order chi connectivity index (χ1) is 9.08. The molecule has 2 aliphatic rings. The summed E-state index contributed by atoms with van der Waals surface area (Å²) in [7, 11) is 0. The van der Waals surface area contributed by atoms with Crippen LogP contribution in [0.2, 0.25) is 0 Å². The highest BCUT2D eigenvalue weighted by Crippen LogP contribution is 2.53. The lowest BCUT2D eigenvalue weighted by atomic mass is 9.95. The number of hydrogen-bond acceptors (Lipinski definition) is 2. The molecule has 1 aromatic carbocycles. The third-order valence-corrected chi connectivity index (χ3v) is 4.53. The predicted octanol–water partition coefficient (Wildman–Crippen LogP) is 3.50. The Kier molecular flexibility index (Phi) is 3.30. The molecule has 3 rings (SSSR count). The second-order valence-electron chi connectivity index (χ2n) is 6.69. The lowest BCUT2D eigenvalue weighted by Gasteiger charge is -2.14. The molecule has 2 atom stereocenters. The molecule has 2 fully saturated rings. The molecule has 0 radical (unpaired) electrons. The normalized spacial score (nSPS) is 29.6. The summed E-state index contributed by atoms with van der Waals surface area (Å²) in [5, 5.41) is 3.66. The molecule has 2 unspecified atom stereocenters. The molecule has 0 bridgehead atoms. The standard InChI is InChI=1S/C17H25NO/c1-12(2)19-16-8-4-13(5-9-16)17(3)10-14(17)11-18-15-6-7-15/h4-5,8-9,12,14-15,18H,6-7,10-11H2,1-3H3. The molecule has 0 spiro atoms. The molecule has 1 aromatic rings. The average molecular weight is 259 g/mol. The smallest absolute Gasteiger partial charge is 0.119 e. The van der Waals surface area contributed by atoms with Crippen molar-refractivity contribution in [3.05, 3.63) is 29.8 Å². The fourth-order valence-corrected chi connectivity index (χ4v) is 2.89. The maximum absolute atomic E-state index is 5.70. The first-order valence-electron chi connectivity index (χ1n) is 7.58. The zero-order chi connectivity index (χ0) is 13.5. The molecule has 1 N–H and O–H groups in total. The van der Waals surface area contributed by atoms with Crippen LogP contribution in [0.15, 0.2) is 24.3 Å². The van der Waals surface area contributed by atoms with E-state index in [4.69, 9.17) is 4.74 Å². The van der Waals surface area contributed by atoms with Gasteiger partial charge in [-0.2, -0.15) is 0 Å². The van der Waals surface area contributed by atoms with Gasteiger partial charge in [0.1, 0.15) is 5.75 Å². The minimum atomic E-state index is 0.248. The van der Waals surface area contributed by atoms with Crippen LogP contribution in [0.25, 0.3) is 0 Å². The van der Waals surface area contributed by atoms with Gasteiger partial charge in [-0.1, -0.05) is 19.1 Å². The number of rotatable bonds is 6. The predicted molar refractivity (Wildman–Crippen MR) is 78.7 cm³/mol. The number of benzene rings is 1. The Bertz CT molecular complexity index is 435. The van der Waals surface area contributed by atoms with Gasteiger partial charge in [0.2, 0.25) is 0 Å².